The van der Waals surface area contributed by atoms with E-state index in [1.165, 1.54) is 11.3 Å². The zero-order valence-electron chi connectivity index (χ0n) is 9.73. The summed E-state index contributed by atoms with van der Waals surface area (Å²) in [6, 6.07) is 3.79. The Morgan fingerprint density at radius 3 is 2.88 bits per heavy atom. The van der Waals surface area contributed by atoms with E-state index in [9.17, 15) is 4.79 Å². The highest BCUT2D eigenvalue weighted by molar-refractivity contribution is 7.18. The van der Waals surface area contributed by atoms with Gasteiger partial charge in [-0.25, -0.2) is 4.79 Å². The Morgan fingerprint density at radius 2 is 2.29 bits per heavy atom. The summed E-state index contributed by atoms with van der Waals surface area (Å²) in [6.45, 7) is 4.07. The number of ether oxygens (including phenoxy) is 1. The largest absolute Gasteiger partial charge is 0.462 e. The van der Waals surface area contributed by atoms with Crippen LogP contribution in [0, 0.1) is 11.3 Å². The minimum atomic E-state index is -0.334. The van der Waals surface area contributed by atoms with E-state index in [1.807, 2.05) is 0 Å². The summed E-state index contributed by atoms with van der Waals surface area (Å²) in [5.74, 6) is -0.334. The third kappa shape index (κ3) is 2.42. The zero-order chi connectivity index (χ0) is 12.3. The molecule has 0 unspecified atom stereocenters. The number of hydrogen-bond acceptors (Lipinski definition) is 5. The van der Waals surface area contributed by atoms with Gasteiger partial charge in [-0.1, -0.05) is 0 Å². The van der Waals surface area contributed by atoms with Gasteiger partial charge < -0.3 is 9.64 Å². The number of carbonyl (C=O) groups excluding carboxylic acids is 1. The molecule has 90 valence electrons. The second-order valence-electron chi connectivity index (χ2n) is 3.86. The van der Waals surface area contributed by atoms with Crippen molar-refractivity contribution in [3.63, 3.8) is 0 Å². The first-order valence-electron chi connectivity index (χ1n) is 5.72. The van der Waals surface area contributed by atoms with Crippen LogP contribution >= 0.6 is 11.3 Å². The number of anilines is 1. The van der Waals surface area contributed by atoms with Gasteiger partial charge >= 0.3 is 5.97 Å². The Bertz CT molecular complexity index is 456. The molecule has 4 nitrogen and oxygen atoms in total. The molecule has 17 heavy (non-hydrogen) atoms. The monoisotopic (exact) mass is 250 g/mol. The van der Waals surface area contributed by atoms with Crippen molar-refractivity contribution < 1.29 is 9.53 Å². The van der Waals surface area contributed by atoms with Gasteiger partial charge in [0, 0.05) is 13.1 Å². The summed E-state index contributed by atoms with van der Waals surface area (Å²) < 4.78 is 4.95. The third-order valence-corrected chi connectivity index (χ3v) is 3.88. The van der Waals surface area contributed by atoms with E-state index in [0.29, 0.717) is 17.0 Å². The van der Waals surface area contributed by atoms with Crippen LogP contribution in [0.2, 0.25) is 0 Å². The molecule has 2 rings (SSSR count). The molecule has 1 aliphatic rings. The van der Waals surface area contributed by atoms with Crippen LogP contribution < -0.4 is 4.90 Å². The average Bonchev–Trinajstić information content (AvgIpc) is 2.97. The van der Waals surface area contributed by atoms with Crippen LogP contribution in [0.1, 0.15) is 35.0 Å². The Kier molecular flexibility index (Phi) is 3.64. The number of carbonyl (C=O) groups is 1. The van der Waals surface area contributed by atoms with Gasteiger partial charge in [-0.15, -0.1) is 11.3 Å². The van der Waals surface area contributed by atoms with Gasteiger partial charge in [-0.3, -0.25) is 0 Å². The van der Waals surface area contributed by atoms with Crippen molar-refractivity contribution >= 4 is 22.3 Å². The molecular formula is C12H14N2O2S. The fourth-order valence-corrected chi connectivity index (χ4v) is 2.97. The van der Waals surface area contributed by atoms with Gasteiger partial charge in [-0.2, -0.15) is 5.26 Å². The molecule has 0 aliphatic carbocycles. The van der Waals surface area contributed by atoms with Crippen molar-refractivity contribution in [3.05, 3.63) is 16.5 Å². The molecule has 1 fully saturated rings. The molecule has 5 heteroatoms. The lowest BCUT2D eigenvalue weighted by Gasteiger charge is -2.14. The molecule has 0 atom stereocenters. The Balaban J connectivity index is 2.26. The van der Waals surface area contributed by atoms with Crippen LogP contribution in [-0.2, 0) is 4.74 Å². The quantitative estimate of drug-likeness (QED) is 0.773. The third-order valence-electron chi connectivity index (χ3n) is 2.70. The molecule has 0 bridgehead atoms. The first kappa shape index (κ1) is 11.9. The molecule has 2 heterocycles. The first-order valence-corrected chi connectivity index (χ1v) is 6.54. The van der Waals surface area contributed by atoms with Crippen molar-refractivity contribution in [2.75, 3.05) is 24.6 Å². The molecule has 0 aromatic carbocycles. The van der Waals surface area contributed by atoms with E-state index in [4.69, 9.17) is 10.00 Å². The highest BCUT2D eigenvalue weighted by Crippen LogP contribution is 2.33. The second-order valence-corrected chi connectivity index (χ2v) is 4.89. The van der Waals surface area contributed by atoms with E-state index in [1.54, 1.807) is 13.0 Å². The fourth-order valence-electron chi connectivity index (χ4n) is 1.92. The molecule has 0 radical (unpaired) electrons. The fraction of sp³-hybridized carbons (Fsp3) is 0.500. The molecule has 0 N–H and O–H groups in total. The van der Waals surface area contributed by atoms with Gasteiger partial charge in [0.1, 0.15) is 15.9 Å². The number of nitriles is 1. The molecule has 0 spiro atoms. The summed E-state index contributed by atoms with van der Waals surface area (Å²) in [6.07, 6.45) is 2.30. The lowest BCUT2D eigenvalue weighted by atomic mass is 10.3. The van der Waals surface area contributed by atoms with Gasteiger partial charge in [0.2, 0.25) is 0 Å². The van der Waals surface area contributed by atoms with Crippen molar-refractivity contribution in [2.24, 2.45) is 0 Å². The number of rotatable bonds is 3. The van der Waals surface area contributed by atoms with Crippen molar-refractivity contribution in [1.29, 1.82) is 5.26 Å². The summed E-state index contributed by atoms with van der Waals surface area (Å²) >= 11 is 1.36. The Labute approximate surface area is 104 Å². The Morgan fingerprint density at radius 1 is 1.59 bits per heavy atom. The van der Waals surface area contributed by atoms with Gasteiger partial charge in [-0.05, 0) is 25.8 Å². The van der Waals surface area contributed by atoms with Crippen molar-refractivity contribution in [1.82, 2.24) is 0 Å². The van der Waals surface area contributed by atoms with E-state index in [2.05, 4.69) is 11.0 Å². The van der Waals surface area contributed by atoms with Gasteiger partial charge in [0.05, 0.1) is 12.2 Å². The van der Waals surface area contributed by atoms with Crippen LogP contribution in [0.4, 0.5) is 5.00 Å². The highest BCUT2D eigenvalue weighted by atomic mass is 32.1. The number of thiophene rings is 1. The summed E-state index contributed by atoms with van der Waals surface area (Å²) in [7, 11) is 0. The second kappa shape index (κ2) is 5.19. The molecule has 0 amide bonds. The smallest absolute Gasteiger partial charge is 0.348 e. The molecule has 0 saturated carbocycles. The van der Waals surface area contributed by atoms with Crippen LogP contribution in [0.3, 0.4) is 0 Å². The highest BCUT2D eigenvalue weighted by Gasteiger charge is 2.21. The van der Waals surface area contributed by atoms with Crippen LogP contribution in [0.5, 0.6) is 0 Å². The lowest BCUT2D eigenvalue weighted by Crippen LogP contribution is -2.16. The average molecular weight is 250 g/mol. The normalized spacial score (nSPS) is 14.7. The van der Waals surface area contributed by atoms with E-state index < -0.39 is 0 Å². The van der Waals surface area contributed by atoms with Gasteiger partial charge in [0.15, 0.2) is 0 Å². The van der Waals surface area contributed by atoms with Crippen LogP contribution in [0.15, 0.2) is 6.07 Å². The van der Waals surface area contributed by atoms with E-state index in [0.717, 1.165) is 30.9 Å². The number of esters is 1. The van der Waals surface area contributed by atoms with E-state index >= 15 is 0 Å². The summed E-state index contributed by atoms with van der Waals surface area (Å²) in [4.78, 5) is 14.3. The predicted molar refractivity (Wildman–Crippen MR) is 66.4 cm³/mol. The SMILES string of the molecule is CCOC(=O)c1cc(C#N)c(N2CCCC2)s1. The van der Waals surface area contributed by atoms with Crippen LogP contribution in [0.25, 0.3) is 0 Å². The molecular weight excluding hydrogens is 236 g/mol. The van der Waals surface area contributed by atoms with Gasteiger partial charge in [0.25, 0.3) is 0 Å². The zero-order valence-corrected chi connectivity index (χ0v) is 10.5. The minimum absolute atomic E-state index is 0.334. The van der Waals surface area contributed by atoms with Crippen LogP contribution in [-0.4, -0.2) is 25.7 Å². The molecule has 1 aromatic heterocycles. The minimum Gasteiger partial charge on any atom is -0.462 e. The maximum Gasteiger partial charge on any atom is 0.348 e. The lowest BCUT2D eigenvalue weighted by molar-refractivity contribution is 0.0532. The molecule has 1 aliphatic heterocycles. The van der Waals surface area contributed by atoms with E-state index in [-0.39, 0.29) is 5.97 Å². The van der Waals surface area contributed by atoms with Crippen molar-refractivity contribution in [3.8, 4) is 6.07 Å². The topological polar surface area (TPSA) is 53.3 Å². The molecule has 1 saturated heterocycles. The van der Waals surface area contributed by atoms with Crippen molar-refractivity contribution in [2.45, 2.75) is 19.8 Å². The Hall–Kier alpha value is -1.54. The standard InChI is InChI=1S/C12H14N2O2S/c1-2-16-12(15)10-7-9(8-13)11(17-10)14-5-3-4-6-14/h7H,2-6H2,1H3. The summed E-state index contributed by atoms with van der Waals surface area (Å²) in [5, 5.41) is 9.99. The maximum atomic E-state index is 11.6. The first-order chi connectivity index (χ1) is 8.26. The summed E-state index contributed by atoms with van der Waals surface area (Å²) in [5.41, 5.74) is 0.583. The molecule has 1 aromatic rings. The maximum absolute atomic E-state index is 11.6. The number of hydrogen-bond donors (Lipinski definition) is 0. The number of nitrogens with zero attached hydrogens (tertiary/aromatic N) is 2. The predicted octanol–water partition coefficient (Wildman–Crippen LogP) is 2.40.